The van der Waals surface area contributed by atoms with Gasteiger partial charge in [0, 0.05) is 41.5 Å². The second kappa shape index (κ2) is 19.2. The van der Waals surface area contributed by atoms with Crippen molar-refractivity contribution in [1.82, 2.24) is 14.5 Å². The Bertz CT molecular complexity index is 3670. The molecule has 0 saturated carbocycles. The van der Waals surface area contributed by atoms with E-state index in [1.807, 2.05) is 12.3 Å². The summed E-state index contributed by atoms with van der Waals surface area (Å²) in [4.78, 5) is 9.88. The molecular weight excluding hydrogens is 1040 g/mol. The number of hydrogen-bond acceptors (Lipinski definition) is 3. The Hall–Kier alpha value is -6.43. The van der Waals surface area contributed by atoms with Gasteiger partial charge in [-0.05, 0) is 96.5 Å². The first-order chi connectivity index (χ1) is 34.0. The Morgan fingerprint density at radius 2 is 1.36 bits per heavy atom. The molecule has 0 bridgehead atoms. The number of aryl methyl sites for hydroxylation is 1. The zero-order valence-corrected chi connectivity index (χ0v) is 44.2. The average molecular weight is 1100 g/mol. The maximum atomic E-state index is 7.35. The smallest absolute Gasteiger partial charge is 0.121 e. The van der Waals surface area contributed by atoms with Crippen LogP contribution in [-0.4, -0.2) is 22.6 Å². The molecule has 0 N–H and O–H groups in total. The predicted octanol–water partition coefficient (Wildman–Crippen LogP) is 17.1. The van der Waals surface area contributed by atoms with E-state index in [0.29, 0.717) is 23.3 Å². The number of hydrogen-bond donors (Lipinski definition) is 0. The van der Waals surface area contributed by atoms with Crippen LogP contribution in [0.15, 0.2) is 162 Å². The molecule has 3 heterocycles. The SMILES string of the molecule is CC(C)c1cc(C(C)C)c(-n2c(-c3[c-]cc(-c4ccccc4)c4c3oc3cc5c(ccc6ccccc65)cc34)nc3ccccc32)c(C(C)C)c1.[2H]C([2H])([2H])c1c[c-]c(-c2ccc([Si](C)(C)C)cn2)cc1.[Ir]. The maximum Gasteiger partial charge on any atom is 0.121 e. The van der Waals surface area contributed by atoms with Crippen LogP contribution in [-0.2, 0) is 20.1 Å². The summed E-state index contributed by atoms with van der Waals surface area (Å²) < 4.78 is 31.5. The molecule has 0 spiro atoms. The van der Waals surface area contributed by atoms with Crippen LogP contribution in [0, 0.1) is 19.0 Å². The van der Waals surface area contributed by atoms with Gasteiger partial charge in [0.1, 0.15) is 5.58 Å². The number of benzene rings is 8. The monoisotopic (exact) mass is 1100 g/mol. The van der Waals surface area contributed by atoms with E-state index in [4.69, 9.17) is 13.5 Å². The molecule has 0 fully saturated rings. The van der Waals surface area contributed by atoms with Gasteiger partial charge in [0.2, 0.25) is 0 Å². The van der Waals surface area contributed by atoms with Crippen LogP contribution in [0.3, 0.4) is 0 Å². The standard InChI is InChI=1S/C48H41N2O.C15H18NSi.Ir/c1-28(2)34-25-38(29(3)4)46(39(26-34)30(5)6)50-43-19-13-12-18-42(43)49-48(50)37-23-22-36(31-14-8-7-9-15-31)45-41-24-33-21-20-32-16-10-11-17-35(32)40(33)27-44(41)51-47(37)45;1-12-5-7-13(8-6-12)15-10-9-14(11-16-15)17(2,3)4;/h7-22,24-30H,1-6H3;5-7,9-11H,1-4H3;/q2*-1;/i;1D3;. The molecule has 11 rings (SSSR count). The first kappa shape index (κ1) is 43.8. The molecule has 8 aromatic carbocycles. The summed E-state index contributed by atoms with van der Waals surface area (Å²) in [6.45, 7) is 18.5. The fourth-order valence-electron chi connectivity index (χ4n) is 9.51. The number of pyridine rings is 1. The fourth-order valence-corrected chi connectivity index (χ4v) is 10.5. The van der Waals surface area contributed by atoms with E-state index >= 15 is 0 Å². The first-order valence-corrected chi connectivity index (χ1v) is 27.4. The van der Waals surface area contributed by atoms with Gasteiger partial charge in [-0.15, -0.1) is 47.5 Å². The van der Waals surface area contributed by atoms with E-state index in [1.54, 1.807) is 12.1 Å². The number of para-hydroxylation sites is 2. The maximum absolute atomic E-state index is 7.35. The summed E-state index contributed by atoms with van der Waals surface area (Å²) in [5, 5.41) is 8.31. The van der Waals surface area contributed by atoms with Crippen LogP contribution in [0.25, 0.3) is 94.0 Å². The first-order valence-electron chi connectivity index (χ1n) is 25.4. The van der Waals surface area contributed by atoms with Crippen molar-refractivity contribution in [3.8, 4) is 39.5 Å². The van der Waals surface area contributed by atoms with Crippen molar-refractivity contribution in [2.75, 3.05) is 0 Å². The van der Waals surface area contributed by atoms with Gasteiger partial charge in [0.25, 0.3) is 0 Å². The van der Waals surface area contributed by atoms with Crippen molar-refractivity contribution >= 4 is 67.8 Å². The molecule has 11 aromatic rings. The molecule has 0 saturated heterocycles. The Morgan fingerprint density at radius 3 is 2.03 bits per heavy atom. The van der Waals surface area contributed by atoms with Crippen LogP contribution in [0.1, 0.15) is 85.7 Å². The Morgan fingerprint density at radius 1 is 0.652 bits per heavy atom. The van der Waals surface area contributed by atoms with Crippen molar-refractivity contribution in [2.45, 2.75) is 85.8 Å². The van der Waals surface area contributed by atoms with Crippen LogP contribution < -0.4 is 5.19 Å². The molecule has 347 valence electrons. The number of imidazole rings is 1. The van der Waals surface area contributed by atoms with E-state index < -0.39 is 14.9 Å². The van der Waals surface area contributed by atoms with Gasteiger partial charge >= 0.3 is 0 Å². The van der Waals surface area contributed by atoms with Crippen molar-refractivity contribution < 1.29 is 28.6 Å². The fraction of sp³-hybridized carbons (Fsp3) is 0.206. The van der Waals surface area contributed by atoms with Crippen LogP contribution in [0.4, 0.5) is 0 Å². The molecule has 3 aromatic heterocycles. The van der Waals surface area contributed by atoms with E-state index in [2.05, 4.69) is 210 Å². The number of fused-ring (bicyclic) bond motifs is 7. The number of furan rings is 1. The van der Waals surface area contributed by atoms with Crippen molar-refractivity contribution in [1.29, 1.82) is 0 Å². The third kappa shape index (κ3) is 9.03. The molecule has 69 heavy (non-hydrogen) atoms. The van der Waals surface area contributed by atoms with Crippen molar-refractivity contribution in [3.05, 3.63) is 192 Å². The van der Waals surface area contributed by atoms with E-state index in [1.165, 1.54) is 55.2 Å². The van der Waals surface area contributed by atoms with E-state index in [-0.39, 0.29) is 20.1 Å². The largest absolute Gasteiger partial charge is 0.500 e. The molecule has 1 radical (unpaired) electrons. The Balaban J connectivity index is 0.000000257. The third-order valence-electron chi connectivity index (χ3n) is 13.3. The summed E-state index contributed by atoms with van der Waals surface area (Å²) in [5.74, 6) is 1.89. The zero-order valence-electron chi connectivity index (χ0n) is 43.8. The van der Waals surface area contributed by atoms with Crippen LogP contribution in [0.5, 0.6) is 0 Å². The molecule has 0 amide bonds. The summed E-state index contributed by atoms with van der Waals surface area (Å²) in [6.07, 6.45) is 1.92. The van der Waals surface area contributed by atoms with Gasteiger partial charge in [0.15, 0.2) is 0 Å². The molecule has 0 unspecified atom stereocenters. The predicted molar refractivity (Wildman–Crippen MR) is 292 cm³/mol. The molecule has 0 aliphatic rings. The van der Waals surface area contributed by atoms with Gasteiger partial charge in [-0.3, -0.25) is 4.98 Å². The zero-order chi connectivity index (χ0) is 49.9. The minimum atomic E-state index is -2.08. The molecule has 4 nitrogen and oxygen atoms in total. The minimum Gasteiger partial charge on any atom is -0.500 e. The van der Waals surface area contributed by atoms with Gasteiger partial charge in [-0.2, -0.15) is 0 Å². The number of nitrogens with zero attached hydrogens (tertiary/aromatic N) is 3. The number of rotatable bonds is 8. The second-order valence-corrected chi connectivity index (χ2v) is 25.1. The average Bonchev–Trinajstić information content (AvgIpc) is 3.93. The van der Waals surface area contributed by atoms with Gasteiger partial charge < -0.3 is 14.0 Å². The molecule has 0 aliphatic heterocycles. The quantitative estimate of drug-likeness (QED) is 0.0865. The van der Waals surface area contributed by atoms with Gasteiger partial charge in [0.05, 0.1) is 30.5 Å². The molecule has 0 atom stereocenters. The summed E-state index contributed by atoms with van der Waals surface area (Å²) in [6, 6.07) is 59.4. The third-order valence-corrected chi connectivity index (χ3v) is 15.4. The summed E-state index contributed by atoms with van der Waals surface area (Å²) >= 11 is 0. The van der Waals surface area contributed by atoms with Gasteiger partial charge in [-0.1, -0.05) is 188 Å². The Labute approximate surface area is 426 Å². The summed E-state index contributed by atoms with van der Waals surface area (Å²) in [5.41, 5.74) is 14.0. The van der Waals surface area contributed by atoms with Crippen molar-refractivity contribution in [2.24, 2.45) is 0 Å². The van der Waals surface area contributed by atoms with Crippen LogP contribution in [0.2, 0.25) is 19.6 Å². The van der Waals surface area contributed by atoms with Crippen LogP contribution >= 0.6 is 0 Å². The van der Waals surface area contributed by atoms with E-state index in [0.717, 1.165) is 66.7 Å². The second-order valence-electron chi connectivity index (χ2n) is 20.1. The Kier molecular flexibility index (Phi) is 12.2. The molecule has 0 aliphatic carbocycles. The van der Waals surface area contributed by atoms with E-state index in [9.17, 15) is 0 Å². The molecule has 6 heteroatoms. The number of aromatic nitrogens is 3. The minimum absolute atomic E-state index is 0. The van der Waals surface area contributed by atoms with Gasteiger partial charge in [-0.25, -0.2) is 0 Å². The summed E-state index contributed by atoms with van der Waals surface area (Å²) in [7, 11) is -1.34. The van der Waals surface area contributed by atoms with Crippen molar-refractivity contribution in [3.63, 3.8) is 0 Å². The molecular formula is C63H59IrN3OSi-2. The normalized spacial score (nSPS) is 12.7. The topological polar surface area (TPSA) is 43.9 Å².